The van der Waals surface area contributed by atoms with E-state index >= 15 is 4.39 Å². The number of amides is 1. The first-order valence-electron chi connectivity index (χ1n) is 8.88. The maximum atomic E-state index is 15.0. The highest BCUT2D eigenvalue weighted by Gasteiger charge is 2.22. The molecule has 144 valence electrons. The van der Waals surface area contributed by atoms with E-state index in [0.717, 1.165) is 0 Å². The summed E-state index contributed by atoms with van der Waals surface area (Å²) in [5, 5.41) is 17.1. The Hall–Kier alpha value is -3.49. The minimum Gasteiger partial charge on any atom is -0.477 e. The Morgan fingerprint density at radius 3 is 2.93 bits per heavy atom. The first kappa shape index (κ1) is 17.9. The second-order valence-corrected chi connectivity index (χ2v) is 6.63. The summed E-state index contributed by atoms with van der Waals surface area (Å²) in [4.78, 5) is 27.9. The number of carboxylic acids is 1. The molecular weight excluding hydrogens is 365 g/mol. The van der Waals surface area contributed by atoms with Crippen LogP contribution in [-0.2, 0) is 11.3 Å². The van der Waals surface area contributed by atoms with Crippen LogP contribution in [0.4, 0.5) is 4.39 Å². The van der Waals surface area contributed by atoms with Crippen molar-refractivity contribution < 1.29 is 19.1 Å². The van der Waals surface area contributed by atoms with E-state index in [4.69, 9.17) is 5.11 Å². The number of aryl methyl sites for hydroxylation is 1. The van der Waals surface area contributed by atoms with E-state index in [-0.39, 0.29) is 23.5 Å². The van der Waals surface area contributed by atoms with Gasteiger partial charge < -0.3 is 15.0 Å². The number of aromatic carboxylic acids is 1. The summed E-state index contributed by atoms with van der Waals surface area (Å²) < 4.78 is 16.6. The fourth-order valence-corrected chi connectivity index (χ4v) is 3.40. The zero-order valence-corrected chi connectivity index (χ0v) is 14.9. The van der Waals surface area contributed by atoms with Crippen LogP contribution in [0.15, 0.2) is 36.7 Å². The van der Waals surface area contributed by atoms with Gasteiger partial charge in [-0.05, 0) is 18.1 Å². The van der Waals surface area contributed by atoms with Gasteiger partial charge >= 0.3 is 5.97 Å². The zero-order chi connectivity index (χ0) is 19.7. The summed E-state index contributed by atoms with van der Waals surface area (Å²) in [6, 6.07) is 4.72. The van der Waals surface area contributed by atoms with E-state index in [0.29, 0.717) is 42.6 Å². The molecule has 1 aliphatic heterocycles. The summed E-state index contributed by atoms with van der Waals surface area (Å²) in [6.45, 7) is 1.33. The summed E-state index contributed by atoms with van der Waals surface area (Å²) in [6.07, 6.45) is 6.10. The van der Waals surface area contributed by atoms with Crippen molar-refractivity contribution in [2.24, 2.45) is 0 Å². The molecule has 3 heterocycles. The van der Waals surface area contributed by atoms with E-state index in [9.17, 15) is 9.59 Å². The second kappa shape index (κ2) is 7.26. The largest absolute Gasteiger partial charge is 0.477 e. The molecule has 9 heteroatoms. The van der Waals surface area contributed by atoms with Crippen molar-refractivity contribution in [2.75, 3.05) is 13.1 Å². The lowest BCUT2D eigenvalue weighted by Gasteiger charge is -2.28. The molecule has 0 bridgehead atoms. The molecule has 1 aromatic carbocycles. The molecule has 0 atom stereocenters. The molecule has 2 aromatic heterocycles. The second-order valence-electron chi connectivity index (χ2n) is 6.63. The smallest absolute Gasteiger partial charge is 0.352 e. The molecule has 1 aliphatic rings. The Morgan fingerprint density at radius 1 is 1.32 bits per heavy atom. The van der Waals surface area contributed by atoms with Crippen molar-refractivity contribution >= 4 is 28.4 Å². The molecule has 0 fully saturated rings. The molecule has 8 nitrogen and oxygen atoms in total. The molecule has 0 saturated heterocycles. The SMILES string of the molecule is O=C(O)c1cc2ccc(C3=CCCN(C(=O)CCn4ccnn4)C3)c(F)c2[nH]1. The van der Waals surface area contributed by atoms with Gasteiger partial charge in [0.05, 0.1) is 18.3 Å². The van der Waals surface area contributed by atoms with Crippen LogP contribution in [0.25, 0.3) is 16.5 Å². The summed E-state index contributed by atoms with van der Waals surface area (Å²) in [5.41, 5.74) is 1.19. The van der Waals surface area contributed by atoms with Gasteiger partial charge in [-0.25, -0.2) is 9.18 Å². The first-order chi connectivity index (χ1) is 13.5. The molecule has 4 rings (SSSR count). The van der Waals surface area contributed by atoms with E-state index < -0.39 is 11.8 Å². The van der Waals surface area contributed by atoms with Crippen molar-refractivity contribution in [1.29, 1.82) is 0 Å². The highest BCUT2D eigenvalue weighted by molar-refractivity contribution is 5.95. The lowest BCUT2D eigenvalue weighted by molar-refractivity contribution is -0.131. The number of carbonyl (C=O) groups excluding carboxylic acids is 1. The van der Waals surface area contributed by atoms with Gasteiger partial charge in [0.1, 0.15) is 5.69 Å². The number of carbonyl (C=O) groups is 2. The fraction of sp³-hybridized carbons (Fsp3) is 0.263. The Balaban J connectivity index is 1.52. The molecule has 3 aromatic rings. The number of hydrogen-bond donors (Lipinski definition) is 2. The average molecular weight is 383 g/mol. The standard InChI is InChI=1S/C19H18FN5O3/c20-17-14(4-3-12-10-15(19(27)28)22-18(12)17)13-2-1-7-24(11-13)16(26)5-8-25-9-6-21-23-25/h2-4,6,9-10,22H,1,5,7-8,11H2,(H,27,28). The third-order valence-electron chi connectivity index (χ3n) is 4.84. The van der Waals surface area contributed by atoms with Crippen molar-refractivity contribution in [3.63, 3.8) is 0 Å². The van der Waals surface area contributed by atoms with E-state index in [1.165, 1.54) is 6.07 Å². The number of nitrogens with one attached hydrogen (secondary N) is 1. The van der Waals surface area contributed by atoms with Gasteiger partial charge in [-0.2, -0.15) is 0 Å². The van der Waals surface area contributed by atoms with Gasteiger partial charge in [-0.1, -0.05) is 23.4 Å². The van der Waals surface area contributed by atoms with Crippen molar-refractivity contribution in [1.82, 2.24) is 24.9 Å². The highest BCUT2D eigenvalue weighted by atomic mass is 19.1. The van der Waals surface area contributed by atoms with Crippen LogP contribution in [-0.4, -0.2) is 55.0 Å². The van der Waals surface area contributed by atoms with Gasteiger partial charge in [0.15, 0.2) is 5.82 Å². The average Bonchev–Trinajstić information content (AvgIpc) is 3.36. The van der Waals surface area contributed by atoms with Gasteiger partial charge in [-0.15, -0.1) is 5.10 Å². The first-order valence-corrected chi connectivity index (χ1v) is 8.88. The number of benzene rings is 1. The molecule has 0 saturated carbocycles. The molecule has 28 heavy (non-hydrogen) atoms. The number of nitrogens with zero attached hydrogens (tertiary/aromatic N) is 4. The Morgan fingerprint density at radius 2 is 2.18 bits per heavy atom. The minimum absolute atomic E-state index is 0.0318. The molecule has 0 radical (unpaired) electrons. The predicted octanol–water partition coefficient (Wildman–Crippen LogP) is 2.30. The fourth-order valence-electron chi connectivity index (χ4n) is 3.40. The van der Waals surface area contributed by atoms with Gasteiger partial charge in [0.2, 0.25) is 5.91 Å². The van der Waals surface area contributed by atoms with Crippen molar-refractivity contribution in [3.8, 4) is 0 Å². The number of H-pyrrole nitrogens is 1. The Labute approximate surface area is 159 Å². The third-order valence-corrected chi connectivity index (χ3v) is 4.84. The van der Waals surface area contributed by atoms with Crippen LogP contribution in [0.3, 0.4) is 0 Å². The number of aromatic nitrogens is 4. The maximum absolute atomic E-state index is 15.0. The van der Waals surface area contributed by atoms with E-state index in [1.807, 2.05) is 6.08 Å². The molecule has 2 N–H and O–H groups in total. The summed E-state index contributed by atoms with van der Waals surface area (Å²) >= 11 is 0. The third kappa shape index (κ3) is 3.38. The Kier molecular flexibility index (Phi) is 4.64. The minimum atomic E-state index is -1.14. The van der Waals surface area contributed by atoms with Crippen LogP contribution in [0, 0.1) is 5.82 Å². The maximum Gasteiger partial charge on any atom is 0.352 e. The van der Waals surface area contributed by atoms with Crippen LogP contribution in [0.5, 0.6) is 0 Å². The van der Waals surface area contributed by atoms with Crippen LogP contribution >= 0.6 is 0 Å². The van der Waals surface area contributed by atoms with Crippen LogP contribution in [0.1, 0.15) is 28.9 Å². The summed E-state index contributed by atoms with van der Waals surface area (Å²) in [7, 11) is 0. The quantitative estimate of drug-likeness (QED) is 0.704. The molecule has 0 aliphatic carbocycles. The lowest BCUT2D eigenvalue weighted by atomic mass is 9.99. The number of rotatable bonds is 5. The Bertz CT molecular complexity index is 1070. The van der Waals surface area contributed by atoms with Crippen LogP contribution in [0.2, 0.25) is 0 Å². The van der Waals surface area contributed by atoms with E-state index in [2.05, 4.69) is 15.3 Å². The lowest BCUT2D eigenvalue weighted by Crippen LogP contribution is -2.36. The number of fused-ring (bicyclic) bond motifs is 1. The molecule has 0 spiro atoms. The van der Waals surface area contributed by atoms with Crippen LogP contribution < -0.4 is 0 Å². The molecule has 1 amide bonds. The number of halogens is 1. The van der Waals surface area contributed by atoms with Gasteiger partial charge in [-0.3, -0.25) is 9.48 Å². The van der Waals surface area contributed by atoms with Crippen molar-refractivity contribution in [3.05, 3.63) is 53.7 Å². The predicted molar refractivity (Wildman–Crippen MR) is 99.0 cm³/mol. The molecule has 0 unspecified atom stereocenters. The number of aromatic amines is 1. The summed E-state index contributed by atoms with van der Waals surface area (Å²) in [5.74, 6) is -1.68. The van der Waals surface area contributed by atoms with Gasteiger partial charge in [0, 0.05) is 36.7 Å². The van der Waals surface area contributed by atoms with Gasteiger partial charge in [0.25, 0.3) is 0 Å². The highest BCUT2D eigenvalue weighted by Crippen LogP contribution is 2.29. The normalized spacial score (nSPS) is 14.3. The number of hydrogen-bond acceptors (Lipinski definition) is 4. The monoisotopic (exact) mass is 383 g/mol. The topological polar surface area (TPSA) is 104 Å². The zero-order valence-electron chi connectivity index (χ0n) is 14.9. The number of carboxylic acid groups (broad SMARTS) is 1. The van der Waals surface area contributed by atoms with E-state index in [1.54, 1.807) is 34.1 Å². The van der Waals surface area contributed by atoms with Crippen molar-refractivity contribution in [2.45, 2.75) is 19.4 Å². The molecular formula is C19H18FN5O3.